The van der Waals surface area contributed by atoms with Crippen LogP contribution < -0.4 is 16.6 Å². The van der Waals surface area contributed by atoms with Crippen LogP contribution in [0.2, 0.25) is 0 Å². The lowest BCUT2D eigenvalue weighted by Gasteiger charge is -2.15. The topological polar surface area (TPSA) is 110 Å². The molecule has 10 heteroatoms. The number of aryl methyl sites for hydroxylation is 2. The number of nitrogens with zero attached hydrogens (tertiary/aromatic N) is 3. The van der Waals surface area contributed by atoms with Crippen LogP contribution in [0.25, 0.3) is 20.7 Å². The van der Waals surface area contributed by atoms with Gasteiger partial charge in [-0.05, 0) is 45.1 Å². The van der Waals surface area contributed by atoms with E-state index < -0.39 is 11.8 Å². The van der Waals surface area contributed by atoms with Gasteiger partial charge >= 0.3 is 0 Å². The van der Waals surface area contributed by atoms with Crippen LogP contribution >= 0.6 is 22.7 Å². The summed E-state index contributed by atoms with van der Waals surface area (Å²) in [6.45, 7) is 4.02. The summed E-state index contributed by atoms with van der Waals surface area (Å²) in [5.41, 5.74) is 7.35. The van der Waals surface area contributed by atoms with E-state index in [-0.39, 0.29) is 17.7 Å². The molecule has 4 rings (SSSR count). The van der Waals surface area contributed by atoms with Crippen LogP contribution in [0, 0.1) is 13.8 Å². The van der Waals surface area contributed by atoms with Gasteiger partial charge in [0.05, 0.1) is 17.5 Å². The van der Waals surface area contributed by atoms with Crippen LogP contribution in [-0.4, -0.2) is 40.4 Å². The molecule has 3 aromatic heterocycles. The van der Waals surface area contributed by atoms with Gasteiger partial charge in [0.25, 0.3) is 11.5 Å². The fourth-order valence-electron chi connectivity index (χ4n) is 3.66. The number of carbonyl (C=O) groups is 2. The molecule has 0 bridgehead atoms. The molecule has 0 aliphatic carbocycles. The summed E-state index contributed by atoms with van der Waals surface area (Å²) >= 11 is 2.74. The Labute approximate surface area is 204 Å². The van der Waals surface area contributed by atoms with Crippen molar-refractivity contribution < 1.29 is 9.59 Å². The fourth-order valence-corrected chi connectivity index (χ4v) is 5.78. The summed E-state index contributed by atoms with van der Waals surface area (Å²) in [4.78, 5) is 47.6. The second-order valence-corrected chi connectivity index (χ2v) is 10.5. The number of thiophene rings is 2. The van der Waals surface area contributed by atoms with Crippen LogP contribution in [0.4, 0.5) is 5.00 Å². The lowest BCUT2D eigenvalue weighted by atomic mass is 10.1. The van der Waals surface area contributed by atoms with Crippen molar-refractivity contribution in [3.8, 4) is 10.4 Å². The average Bonchev–Trinajstić information content (AvgIpc) is 3.32. The van der Waals surface area contributed by atoms with Crippen molar-refractivity contribution in [2.24, 2.45) is 5.73 Å². The third-order valence-corrected chi connectivity index (χ3v) is 7.64. The first-order valence-corrected chi connectivity index (χ1v) is 12.2. The number of hydrogen-bond donors (Lipinski definition) is 2. The summed E-state index contributed by atoms with van der Waals surface area (Å²) in [5, 5.41) is 3.68. The van der Waals surface area contributed by atoms with Gasteiger partial charge in [0.2, 0.25) is 5.91 Å². The van der Waals surface area contributed by atoms with Crippen LogP contribution in [-0.2, 0) is 17.9 Å². The van der Waals surface area contributed by atoms with Crippen molar-refractivity contribution in [3.63, 3.8) is 0 Å². The third kappa shape index (κ3) is 4.65. The minimum atomic E-state index is -0.633. The van der Waals surface area contributed by atoms with Gasteiger partial charge in [-0.3, -0.25) is 19.0 Å². The molecule has 0 unspecified atom stereocenters. The van der Waals surface area contributed by atoms with Gasteiger partial charge in [-0.1, -0.05) is 30.3 Å². The van der Waals surface area contributed by atoms with E-state index in [1.165, 1.54) is 27.2 Å². The van der Waals surface area contributed by atoms with Crippen molar-refractivity contribution in [1.82, 2.24) is 14.5 Å². The number of primary amides is 1. The van der Waals surface area contributed by atoms with E-state index in [4.69, 9.17) is 10.7 Å². The molecule has 0 atom stereocenters. The Morgan fingerprint density at radius 3 is 2.50 bits per heavy atom. The number of fused-ring (bicyclic) bond motifs is 1. The predicted molar refractivity (Wildman–Crippen MR) is 138 cm³/mol. The average molecular weight is 496 g/mol. The lowest BCUT2D eigenvalue weighted by Crippen LogP contribution is -2.33. The second kappa shape index (κ2) is 9.49. The molecule has 3 N–H and O–H groups in total. The summed E-state index contributed by atoms with van der Waals surface area (Å²) in [6, 6.07) is 11.2. The Bertz CT molecular complexity index is 1450. The predicted octanol–water partition coefficient (Wildman–Crippen LogP) is 3.60. The molecule has 0 aliphatic rings. The maximum atomic E-state index is 13.4. The molecule has 0 saturated carbocycles. The Balaban J connectivity index is 1.69. The Hall–Kier alpha value is -3.34. The van der Waals surface area contributed by atoms with E-state index in [1.807, 2.05) is 63.2 Å². The van der Waals surface area contributed by atoms with Gasteiger partial charge in [-0.25, -0.2) is 4.98 Å². The first-order valence-electron chi connectivity index (χ1n) is 10.6. The standard InChI is InChI=1S/C24H25N5O3S2/c1-13-14(2)33-23-20(13)24(32)29(18(26-23)11-28(3)4)12-19(30)27-22-16(21(25)31)10-17(34-22)15-8-6-5-7-9-15/h5-10H,11-12H2,1-4H3,(H2,25,31)(H,27,30). The molecular formula is C24H25N5O3S2. The quantitative estimate of drug-likeness (QED) is 0.407. The molecule has 8 nitrogen and oxygen atoms in total. The number of aromatic nitrogens is 2. The number of amides is 2. The molecule has 4 aromatic rings. The van der Waals surface area contributed by atoms with Crippen LogP contribution in [0.5, 0.6) is 0 Å². The largest absolute Gasteiger partial charge is 0.366 e. The van der Waals surface area contributed by atoms with Gasteiger partial charge in [-0.15, -0.1) is 22.7 Å². The highest BCUT2D eigenvalue weighted by molar-refractivity contribution is 7.20. The normalized spacial score (nSPS) is 11.3. The molecular weight excluding hydrogens is 470 g/mol. The molecule has 1 aromatic carbocycles. The number of anilines is 1. The van der Waals surface area contributed by atoms with Gasteiger partial charge in [0, 0.05) is 9.75 Å². The molecule has 0 spiro atoms. The van der Waals surface area contributed by atoms with Crippen molar-refractivity contribution in [2.45, 2.75) is 26.9 Å². The minimum absolute atomic E-state index is 0.226. The first-order chi connectivity index (χ1) is 16.2. The van der Waals surface area contributed by atoms with Crippen LogP contribution in [0.3, 0.4) is 0 Å². The number of benzene rings is 1. The van der Waals surface area contributed by atoms with Crippen molar-refractivity contribution in [2.75, 3.05) is 19.4 Å². The number of rotatable bonds is 7. The number of nitrogens with two attached hydrogens (primary N) is 1. The monoisotopic (exact) mass is 495 g/mol. The molecule has 2 amide bonds. The van der Waals surface area contributed by atoms with Crippen LogP contribution in [0.1, 0.15) is 26.6 Å². The number of nitrogens with one attached hydrogen (secondary N) is 1. The molecule has 0 aliphatic heterocycles. The molecule has 0 saturated heterocycles. The summed E-state index contributed by atoms with van der Waals surface area (Å²) < 4.78 is 1.41. The maximum Gasteiger partial charge on any atom is 0.263 e. The SMILES string of the molecule is Cc1sc2nc(CN(C)C)n(CC(=O)Nc3sc(-c4ccccc4)cc3C(N)=O)c(=O)c2c1C. The summed E-state index contributed by atoms with van der Waals surface area (Å²) in [5.74, 6) is -0.561. The third-order valence-electron chi connectivity index (χ3n) is 5.44. The summed E-state index contributed by atoms with van der Waals surface area (Å²) in [6.07, 6.45) is 0. The number of carbonyl (C=O) groups excluding carboxylic acids is 2. The van der Waals surface area contributed by atoms with Gasteiger partial charge in [0.15, 0.2) is 0 Å². The molecule has 0 fully saturated rings. The zero-order valence-corrected chi connectivity index (χ0v) is 21.0. The van der Waals surface area contributed by atoms with E-state index >= 15 is 0 Å². The Morgan fingerprint density at radius 2 is 1.85 bits per heavy atom. The maximum absolute atomic E-state index is 13.4. The van der Waals surface area contributed by atoms with Crippen molar-refractivity contribution in [1.29, 1.82) is 0 Å². The molecule has 3 heterocycles. The van der Waals surface area contributed by atoms with E-state index in [9.17, 15) is 14.4 Å². The highest BCUT2D eigenvalue weighted by Gasteiger charge is 2.21. The fraction of sp³-hybridized carbons (Fsp3) is 0.250. The molecule has 176 valence electrons. The zero-order chi connectivity index (χ0) is 24.6. The zero-order valence-electron chi connectivity index (χ0n) is 19.3. The van der Waals surface area contributed by atoms with Gasteiger partial charge in [0.1, 0.15) is 22.2 Å². The Morgan fingerprint density at radius 1 is 1.15 bits per heavy atom. The number of hydrogen-bond acceptors (Lipinski definition) is 7. The highest BCUT2D eigenvalue weighted by atomic mass is 32.1. The van der Waals surface area contributed by atoms with E-state index in [0.29, 0.717) is 27.6 Å². The molecule has 34 heavy (non-hydrogen) atoms. The van der Waals surface area contributed by atoms with Gasteiger partial charge in [-0.2, -0.15) is 0 Å². The second-order valence-electron chi connectivity index (χ2n) is 8.25. The smallest absolute Gasteiger partial charge is 0.263 e. The van der Waals surface area contributed by atoms with Crippen molar-refractivity contribution in [3.05, 3.63) is 68.6 Å². The Kier molecular flexibility index (Phi) is 6.65. The van der Waals surface area contributed by atoms with Crippen molar-refractivity contribution >= 4 is 49.7 Å². The minimum Gasteiger partial charge on any atom is -0.366 e. The van der Waals surface area contributed by atoms with E-state index in [2.05, 4.69) is 5.32 Å². The highest BCUT2D eigenvalue weighted by Crippen LogP contribution is 2.35. The van der Waals surface area contributed by atoms with E-state index in [1.54, 1.807) is 6.07 Å². The lowest BCUT2D eigenvalue weighted by molar-refractivity contribution is -0.116. The molecule has 0 radical (unpaired) electrons. The summed E-state index contributed by atoms with van der Waals surface area (Å²) in [7, 11) is 3.75. The van der Waals surface area contributed by atoms with Crippen LogP contribution in [0.15, 0.2) is 41.2 Å². The first kappa shape index (κ1) is 23.8. The van der Waals surface area contributed by atoms with Gasteiger partial charge < -0.3 is 16.0 Å². The van der Waals surface area contributed by atoms with E-state index in [0.717, 1.165) is 20.9 Å².